The molecule has 3 aromatic rings. The Morgan fingerprint density at radius 2 is 2.00 bits per heavy atom. The van der Waals surface area contributed by atoms with E-state index in [4.69, 9.17) is 0 Å². The van der Waals surface area contributed by atoms with Crippen molar-refractivity contribution in [1.29, 1.82) is 0 Å². The zero-order chi connectivity index (χ0) is 17.9. The molecule has 3 aromatic heterocycles. The van der Waals surface area contributed by atoms with Crippen molar-refractivity contribution in [2.75, 3.05) is 13.1 Å². The zero-order valence-electron chi connectivity index (χ0n) is 14.6. The Morgan fingerprint density at radius 1 is 1.15 bits per heavy atom. The third-order valence-corrected chi connectivity index (χ3v) is 4.79. The summed E-state index contributed by atoms with van der Waals surface area (Å²) in [6.45, 7) is 3.45. The summed E-state index contributed by atoms with van der Waals surface area (Å²) in [4.78, 5) is 27.4. The highest BCUT2D eigenvalue weighted by Gasteiger charge is 2.25. The molecule has 1 aliphatic heterocycles. The van der Waals surface area contributed by atoms with E-state index < -0.39 is 0 Å². The van der Waals surface area contributed by atoms with E-state index in [1.54, 1.807) is 17.1 Å². The molecule has 0 bridgehead atoms. The molecule has 0 saturated carbocycles. The summed E-state index contributed by atoms with van der Waals surface area (Å²) in [5.74, 6) is 1.02. The Labute approximate surface area is 151 Å². The smallest absolute Gasteiger partial charge is 0.272 e. The van der Waals surface area contributed by atoms with Gasteiger partial charge < -0.3 is 4.90 Å². The van der Waals surface area contributed by atoms with E-state index in [1.165, 1.54) is 11.9 Å². The number of carbonyl (C=O) groups excluding carboxylic acids is 1. The molecule has 0 radical (unpaired) electrons. The molecule has 4 heterocycles. The number of hydrogen-bond acceptors (Lipinski definition) is 5. The number of rotatable bonds is 3. The largest absolute Gasteiger partial charge is 0.337 e. The number of pyridine rings is 2. The molecule has 0 N–H and O–H groups in total. The van der Waals surface area contributed by atoms with Crippen LogP contribution in [0.5, 0.6) is 0 Å². The summed E-state index contributed by atoms with van der Waals surface area (Å²) in [5, 5.41) is 4.06. The van der Waals surface area contributed by atoms with Gasteiger partial charge in [-0.1, -0.05) is 12.1 Å². The first-order valence-corrected chi connectivity index (χ1v) is 8.74. The molecule has 7 nitrogen and oxygen atoms in total. The second-order valence-electron chi connectivity index (χ2n) is 6.52. The molecular weight excluding hydrogens is 328 g/mol. The molecule has 26 heavy (non-hydrogen) atoms. The molecule has 0 aromatic carbocycles. The fourth-order valence-corrected chi connectivity index (χ4v) is 3.30. The average Bonchev–Trinajstić information content (AvgIpc) is 3.23. The van der Waals surface area contributed by atoms with Crippen LogP contribution in [0, 0.1) is 6.92 Å². The Bertz CT molecular complexity index is 883. The lowest BCUT2D eigenvalue weighted by atomic mass is 9.90. The molecule has 7 heteroatoms. The maximum Gasteiger partial charge on any atom is 0.272 e. The summed E-state index contributed by atoms with van der Waals surface area (Å²) >= 11 is 0. The zero-order valence-corrected chi connectivity index (χ0v) is 14.6. The van der Waals surface area contributed by atoms with Crippen LogP contribution in [0.25, 0.3) is 5.82 Å². The van der Waals surface area contributed by atoms with Gasteiger partial charge in [-0.2, -0.15) is 5.10 Å². The van der Waals surface area contributed by atoms with Gasteiger partial charge >= 0.3 is 0 Å². The van der Waals surface area contributed by atoms with E-state index in [1.807, 2.05) is 36.2 Å². The minimum absolute atomic E-state index is 0.0348. The summed E-state index contributed by atoms with van der Waals surface area (Å²) < 4.78 is 1.55. The lowest BCUT2D eigenvalue weighted by Crippen LogP contribution is -2.38. The Morgan fingerprint density at radius 3 is 2.69 bits per heavy atom. The summed E-state index contributed by atoms with van der Waals surface area (Å²) in [6.07, 6.45) is 6.86. The predicted molar refractivity (Wildman–Crippen MR) is 96.0 cm³/mol. The van der Waals surface area contributed by atoms with E-state index in [-0.39, 0.29) is 5.91 Å². The number of aryl methyl sites for hydroxylation is 1. The number of likely N-dealkylation sites (tertiary alicyclic amines) is 1. The van der Waals surface area contributed by atoms with Crippen molar-refractivity contribution in [2.45, 2.75) is 25.7 Å². The molecule has 1 fully saturated rings. The molecule has 132 valence electrons. The van der Waals surface area contributed by atoms with E-state index >= 15 is 0 Å². The molecule has 1 saturated heterocycles. The van der Waals surface area contributed by atoms with Gasteiger partial charge in [-0.15, -0.1) is 0 Å². The SMILES string of the molecule is Cc1ccc(C2CCN(C(=O)c3cccc(-n4cncn4)n3)CC2)cn1. The van der Waals surface area contributed by atoms with Crippen molar-refractivity contribution < 1.29 is 4.79 Å². The van der Waals surface area contributed by atoms with Crippen molar-refractivity contribution in [3.05, 3.63) is 66.1 Å². The predicted octanol–water partition coefficient (Wildman–Crippen LogP) is 2.39. The highest BCUT2D eigenvalue weighted by Crippen LogP contribution is 2.28. The van der Waals surface area contributed by atoms with Crippen LogP contribution >= 0.6 is 0 Å². The second kappa shape index (κ2) is 7.03. The van der Waals surface area contributed by atoms with Crippen molar-refractivity contribution in [3.63, 3.8) is 0 Å². The summed E-state index contributed by atoms with van der Waals surface area (Å²) in [5.41, 5.74) is 2.72. The lowest BCUT2D eigenvalue weighted by Gasteiger charge is -2.32. The van der Waals surface area contributed by atoms with Crippen molar-refractivity contribution in [3.8, 4) is 5.82 Å². The van der Waals surface area contributed by atoms with Crippen LogP contribution in [0.2, 0.25) is 0 Å². The minimum atomic E-state index is -0.0348. The minimum Gasteiger partial charge on any atom is -0.337 e. The van der Waals surface area contributed by atoms with E-state index in [9.17, 15) is 4.79 Å². The van der Waals surface area contributed by atoms with E-state index in [0.717, 1.165) is 31.6 Å². The highest BCUT2D eigenvalue weighted by molar-refractivity contribution is 5.92. The molecule has 1 aliphatic rings. The molecule has 1 amide bonds. The van der Waals surface area contributed by atoms with Crippen LogP contribution in [0.1, 0.15) is 40.5 Å². The molecule has 0 spiro atoms. The third kappa shape index (κ3) is 3.33. The number of hydrogen-bond donors (Lipinski definition) is 0. The fraction of sp³-hybridized carbons (Fsp3) is 0.316. The fourth-order valence-electron chi connectivity index (χ4n) is 3.30. The van der Waals surface area contributed by atoms with Gasteiger partial charge in [-0.25, -0.2) is 14.6 Å². The van der Waals surface area contributed by atoms with Crippen LogP contribution in [0.4, 0.5) is 0 Å². The standard InChI is InChI=1S/C19H20N6O/c1-14-5-6-16(11-21-14)15-7-9-24(10-8-15)19(26)17-3-2-4-18(23-17)25-13-20-12-22-25/h2-6,11-13,15H,7-10H2,1H3. The maximum absolute atomic E-state index is 12.8. The van der Waals surface area contributed by atoms with Gasteiger partial charge in [-0.05, 0) is 49.4 Å². The van der Waals surface area contributed by atoms with E-state index in [0.29, 0.717) is 17.4 Å². The first-order chi connectivity index (χ1) is 12.7. The van der Waals surface area contributed by atoms with Gasteiger partial charge in [0.1, 0.15) is 18.3 Å². The lowest BCUT2D eigenvalue weighted by molar-refractivity contribution is 0.0707. The topological polar surface area (TPSA) is 76.8 Å². The highest BCUT2D eigenvalue weighted by atomic mass is 16.2. The van der Waals surface area contributed by atoms with Crippen molar-refractivity contribution in [1.82, 2.24) is 29.6 Å². The van der Waals surface area contributed by atoms with Gasteiger partial charge in [0.15, 0.2) is 5.82 Å². The molecular formula is C19H20N6O. The number of carbonyl (C=O) groups is 1. The monoisotopic (exact) mass is 348 g/mol. The Balaban J connectivity index is 1.44. The van der Waals surface area contributed by atoms with Crippen LogP contribution in [0.3, 0.4) is 0 Å². The quantitative estimate of drug-likeness (QED) is 0.726. The molecule has 0 unspecified atom stereocenters. The molecule has 0 aliphatic carbocycles. The number of aromatic nitrogens is 5. The Kier molecular flexibility index (Phi) is 4.43. The van der Waals surface area contributed by atoms with Gasteiger partial charge in [0.25, 0.3) is 5.91 Å². The van der Waals surface area contributed by atoms with E-state index in [2.05, 4.69) is 26.1 Å². The summed E-state index contributed by atoms with van der Waals surface area (Å²) in [7, 11) is 0. The normalized spacial score (nSPS) is 15.2. The molecule has 4 rings (SSSR count). The van der Waals surface area contributed by atoms with Crippen LogP contribution in [0.15, 0.2) is 49.2 Å². The van der Waals surface area contributed by atoms with Gasteiger partial charge in [0.05, 0.1) is 0 Å². The van der Waals surface area contributed by atoms with Crippen molar-refractivity contribution in [2.24, 2.45) is 0 Å². The molecule has 0 atom stereocenters. The number of nitrogens with zero attached hydrogens (tertiary/aromatic N) is 6. The number of piperidine rings is 1. The van der Waals surface area contributed by atoms with Gasteiger partial charge in [0, 0.05) is 25.0 Å². The Hall–Kier alpha value is -3.09. The maximum atomic E-state index is 12.8. The van der Waals surface area contributed by atoms with Crippen LogP contribution < -0.4 is 0 Å². The summed E-state index contributed by atoms with van der Waals surface area (Å²) in [6, 6.07) is 9.57. The average molecular weight is 348 g/mol. The van der Waals surface area contributed by atoms with Crippen molar-refractivity contribution >= 4 is 5.91 Å². The van der Waals surface area contributed by atoms with Gasteiger partial charge in [0.2, 0.25) is 0 Å². The first kappa shape index (κ1) is 16.4. The first-order valence-electron chi connectivity index (χ1n) is 8.74. The van der Waals surface area contributed by atoms with Crippen LogP contribution in [-0.4, -0.2) is 48.6 Å². The second-order valence-corrected chi connectivity index (χ2v) is 6.52. The number of amides is 1. The van der Waals surface area contributed by atoms with Gasteiger partial charge in [-0.3, -0.25) is 9.78 Å². The third-order valence-electron chi connectivity index (χ3n) is 4.79. The van der Waals surface area contributed by atoms with Crippen LogP contribution in [-0.2, 0) is 0 Å².